The Kier molecular flexibility index (Phi) is 3.79. The van der Waals surface area contributed by atoms with Crippen molar-refractivity contribution in [1.82, 2.24) is 9.88 Å². The summed E-state index contributed by atoms with van der Waals surface area (Å²) < 4.78 is 38.0. The normalized spacial score (nSPS) is 18.3. The standard InChI is InChI=1S/C14H17N3O4S/c1-9-13(14(15)16-21-9)22(18,19)17-11-7-6-10-4-2-3-5-12(10)20-8-11/h2-5,11,17H,6-8H2,1H3,(H2,15,16). The Balaban J connectivity index is 1.77. The highest BCUT2D eigenvalue weighted by molar-refractivity contribution is 7.89. The van der Waals surface area contributed by atoms with Crippen molar-refractivity contribution in [2.24, 2.45) is 0 Å². The second kappa shape index (κ2) is 5.62. The molecule has 7 nitrogen and oxygen atoms in total. The van der Waals surface area contributed by atoms with Gasteiger partial charge in [0.2, 0.25) is 10.0 Å². The second-order valence-corrected chi connectivity index (χ2v) is 6.88. The zero-order valence-electron chi connectivity index (χ0n) is 12.1. The van der Waals surface area contributed by atoms with Crippen LogP contribution in [0.15, 0.2) is 33.7 Å². The van der Waals surface area contributed by atoms with E-state index in [0.29, 0.717) is 6.42 Å². The van der Waals surface area contributed by atoms with Crippen LogP contribution in [0.5, 0.6) is 5.75 Å². The largest absolute Gasteiger partial charge is 0.492 e. The molecule has 0 radical (unpaired) electrons. The number of benzene rings is 1. The lowest BCUT2D eigenvalue weighted by Gasteiger charge is -2.16. The summed E-state index contributed by atoms with van der Waals surface area (Å²) >= 11 is 0. The number of aryl methyl sites for hydroxylation is 2. The first-order chi connectivity index (χ1) is 10.5. The molecule has 2 heterocycles. The highest BCUT2D eigenvalue weighted by atomic mass is 32.2. The highest BCUT2D eigenvalue weighted by Crippen LogP contribution is 2.25. The minimum absolute atomic E-state index is 0.103. The lowest BCUT2D eigenvalue weighted by atomic mass is 10.1. The van der Waals surface area contributed by atoms with E-state index in [-0.39, 0.29) is 29.1 Å². The molecule has 0 fully saturated rings. The zero-order chi connectivity index (χ0) is 15.7. The van der Waals surface area contributed by atoms with Gasteiger partial charge in [-0.15, -0.1) is 0 Å². The molecule has 0 spiro atoms. The Morgan fingerprint density at radius 2 is 2.14 bits per heavy atom. The Labute approximate surface area is 128 Å². The first-order valence-corrected chi connectivity index (χ1v) is 8.40. The van der Waals surface area contributed by atoms with Crippen LogP contribution in [0.2, 0.25) is 0 Å². The third kappa shape index (κ3) is 2.79. The predicted molar refractivity (Wildman–Crippen MR) is 80.0 cm³/mol. The zero-order valence-corrected chi connectivity index (χ0v) is 12.9. The molecule has 22 heavy (non-hydrogen) atoms. The van der Waals surface area contributed by atoms with Crippen molar-refractivity contribution >= 4 is 15.8 Å². The fourth-order valence-corrected chi connectivity index (χ4v) is 4.00. The van der Waals surface area contributed by atoms with Crippen LogP contribution in [0, 0.1) is 6.92 Å². The van der Waals surface area contributed by atoms with Crippen molar-refractivity contribution in [2.75, 3.05) is 12.3 Å². The van der Waals surface area contributed by atoms with Gasteiger partial charge in [-0.25, -0.2) is 13.1 Å². The van der Waals surface area contributed by atoms with Gasteiger partial charge in [-0.1, -0.05) is 23.4 Å². The van der Waals surface area contributed by atoms with Crippen LogP contribution >= 0.6 is 0 Å². The van der Waals surface area contributed by atoms with Crippen molar-refractivity contribution in [2.45, 2.75) is 30.7 Å². The van der Waals surface area contributed by atoms with E-state index in [1.807, 2.05) is 24.3 Å². The minimum Gasteiger partial charge on any atom is -0.492 e. The van der Waals surface area contributed by atoms with Crippen LogP contribution < -0.4 is 15.2 Å². The topological polar surface area (TPSA) is 107 Å². The first kappa shape index (κ1) is 14.9. The van der Waals surface area contributed by atoms with E-state index >= 15 is 0 Å². The molecule has 1 unspecified atom stereocenters. The van der Waals surface area contributed by atoms with Crippen molar-refractivity contribution in [3.63, 3.8) is 0 Å². The predicted octanol–water partition coefficient (Wildman–Crippen LogP) is 1.24. The summed E-state index contributed by atoms with van der Waals surface area (Å²) in [5.41, 5.74) is 6.65. The number of nitrogen functional groups attached to an aromatic ring is 1. The number of rotatable bonds is 3. The molecule has 8 heteroatoms. The Hall–Kier alpha value is -2.06. The molecule has 1 aromatic heterocycles. The molecule has 1 atom stereocenters. The number of ether oxygens (including phenoxy) is 1. The summed E-state index contributed by atoms with van der Waals surface area (Å²) in [6.07, 6.45) is 1.38. The summed E-state index contributed by atoms with van der Waals surface area (Å²) in [7, 11) is -3.79. The molecule has 3 N–H and O–H groups in total. The lowest BCUT2D eigenvalue weighted by molar-refractivity contribution is 0.284. The highest BCUT2D eigenvalue weighted by Gasteiger charge is 2.29. The molecule has 0 bridgehead atoms. The SMILES string of the molecule is Cc1onc(N)c1S(=O)(=O)NC1CCc2ccccc2OC1. The van der Waals surface area contributed by atoms with Gasteiger partial charge in [0, 0.05) is 0 Å². The molecule has 0 saturated heterocycles. The van der Waals surface area contributed by atoms with Gasteiger partial charge in [-0.05, 0) is 31.4 Å². The van der Waals surface area contributed by atoms with E-state index in [0.717, 1.165) is 17.7 Å². The van der Waals surface area contributed by atoms with E-state index in [9.17, 15) is 8.42 Å². The van der Waals surface area contributed by atoms with E-state index < -0.39 is 10.0 Å². The average Bonchev–Trinajstić information content (AvgIpc) is 2.70. The quantitative estimate of drug-likeness (QED) is 0.880. The molecule has 118 valence electrons. The molecule has 1 aliphatic rings. The van der Waals surface area contributed by atoms with Crippen LogP contribution in [0.3, 0.4) is 0 Å². The number of nitrogens with zero attached hydrogens (tertiary/aromatic N) is 1. The van der Waals surface area contributed by atoms with Gasteiger partial charge in [-0.3, -0.25) is 0 Å². The van der Waals surface area contributed by atoms with E-state index in [4.69, 9.17) is 15.0 Å². The van der Waals surface area contributed by atoms with Gasteiger partial charge in [0.05, 0.1) is 6.04 Å². The van der Waals surface area contributed by atoms with Crippen LogP contribution in [0.25, 0.3) is 0 Å². The smallest absolute Gasteiger partial charge is 0.248 e. The van der Waals surface area contributed by atoms with Crippen molar-refractivity contribution in [3.05, 3.63) is 35.6 Å². The van der Waals surface area contributed by atoms with Gasteiger partial charge in [0.25, 0.3) is 0 Å². The molecular formula is C14H17N3O4S. The molecule has 2 aromatic rings. The summed E-state index contributed by atoms with van der Waals surface area (Å²) in [5, 5.41) is 3.48. The molecule has 1 aliphatic heterocycles. The monoisotopic (exact) mass is 323 g/mol. The number of para-hydroxylation sites is 1. The van der Waals surface area contributed by atoms with Crippen LogP contribution in [-0.2, 0) is 16.4 Å². The summed E-state index contributed by atoms with van der Waals surface area (Å²) in [4.78, 5) is -0.103. The van der Waals surface area contributed by atoms with Gasteiger partial charge in [-0.2, -0.15) is 0 Å². The number of anilines is 1. The van der Waals surface area contributed by atoms with E-state index in [1.165, 1.54) is 6.92 Å². The number of sulfonamides is 1. The summed E-state index contributed by atoms with van der Waals surface area (Å²) in [6, 6.07) is 7.35. The Morgan fingerprint density at radius 1 is 1.36 bits per heavy atom. The van der Waals surface area contributed by atoms with Gasteiger partial charge < -0.3 is 15.0 Å². The number of hydrogen-bond donors (Lipinski definition) is 2. The molecular weight excluding hydrogens is 306 g/mol. The minimum atomic E-state index is -3.79. The fraction of sp³-hybridized carbons (Fsp3) is 0.357. The second-order valence-electron chi connectivity index (χ2n) is 5.23. The van der Waals surface area contributed by atoms with E-state index in [1.54, 1.807) is 0 Å². The van der Waals surface area contributed by atoms with Gasteiger partial charge in [0.1, 0.15) is 12.4 Å². The number of fused-ring (bicyclic) bond motifs is 1. The van der Waals surface area contributed by atoms with Gasteiger partial charge >= 0.3 is 0 Å². The maximum absolute atomic E-state index is 12.4. The molecule has 0 amide bonds. The molecule has 3 rings (SSSR count). The van der Waals surface area contributed by atoms with E-state index in [2.05, 4.69) is 9.88 Å². The van der Waals surface area contributed by atoms with Crippen molar-refractivity contribution in [1.29, 1.82) is 0 Å². The third-order valence-corrected chi connectivity index (χ3v) is 5.28. The Morgan fingerprint density at radius 3 is 2.86 bits per heavy atom. The summed E-state index contributed by atoms with van der Waals surface area (Å²) in [5.74, 6) is 0.829. The number of hydrogen-bond acceptors (Lipinski definition) is 6. The van der Waals surface area contributed by atoms with Crippen molar-refractivity contribution in [3.8, 4) is 5.75 Å². The third-order valence-electron chi connectivity index (χ3n) is 3.60. The molecule has 1 aromatic carbocycles. The Bertz CT molecular complexity index is 739. The number of nitrogens with two attached hydrogens (primary N) is 1. The molecule has 0 saturated carbocycles. The van der Waals surface area contributed by atoms with Crippen LogP contribution in [0.1, 0.15) is 17.7 Å². The number of aromatic nitrogens is 1. The van der Waals surface area contributed by atoms with Crippen LogP contribution in [0.4, 0.5) is 5.82 Å². The average molecular weight is 323 g/mol. The van der Waals surface area contributed by atoms with Crippen LogP contribution in [-0.4, -0.2) is 26.2 Å². The lowest BCUT2D eigenvalue weighted by Crippen LogP contribution is -2.39. The molecule has 0 aliphatic carbocycles. The maximum Gasteiger partial charge on any atom is 0.248 e. The van der Waals surface area contributed by atoms with Crippen molar-refractivity contribution < 1.29 is 17.7 Å². The number of nitrogens with one attached hydrogen (secondary N) is 1. The van der Waals surface area contributed by atoms with Gasteiger partial charge in [0.15, 0.2) is 16.5 Å². The first-order valence-electron chi connectivity index (χ1n) is 6.92. The summed E-state index contributed by atoms with van der Waals surface area (Å²) in [6.45, 7) is 1.78. The maximum atomic E-state index is 12.4. The fourth-order valence-electron chi connectivity index (χ4n) is 2.53.